The number of nitrogens with zero attached hydrogens (tertiary/aromatic N) is 3. The Kier molecular flexibility index (Phi) is 6.43. The SMILES string of the molecule is CC(C)(C)OC(=O)/N=C1\N(Cc2ccccc2)C[C@@H]2CC=C[C@@H]2N1C(=O)OC(C)(C)C. The summed E-state index contributed by atoms with van der Waals surface area (Å²) in [5.74, 6) is 0.467. The fourth-order valence-corrected chi connectivity index (χ4v) is 3.76. The molecule has 31 heavy (non-hydrogen) atoms. The molecular formula is C24H33N3O4. The molecule has 0 unspecified atom stereocenters. The summed E-state index contributed by atoms with van der Waals surface area (Å²) >= 11 is 0. The van der Waals surface area contributed by atoms with Crippen LogP contribution in [0.5, 0.6) is 0 Å². The quantitative estimate of drug-likeness (QED) is 0.623. The maximum atomic E-state index is 13.2. The van der Waals surface area contributed by atoms with Crippen molar-refractivity contribution in [2.45, 2.75) is 71.8 Å². The molecule has 2 atom stereocenters. The molecule has 1 aliphatic carbocycles. The van der Waals surface area contributed by atoms with Crippen molar-refractivity contribution in [2.75, 3.05) is 6.54 Å². The van der Waals surface area contributed by atoms with E-state index in [1.165, 1.54) is 4.90 Å². The second-order valence-electron chi connectivity index (χ2n) is 10.0. The molecule has 0 N–H and O–H groups in total. The average Bonchev–Trinajstić information content (AvgIpc) is 3.07. The summed E-state index contributed by atoms with van der Waals surface area (Å²) < 4.78 is 11.1. The fourth-order valence-electron chi connectivity index (χ4n) is 3.76. The molecule has 2 amide bonds. The molecule has 0 radical (unpaired) electrons. The molecule has 1 heterocycles. The molecule has 0 aromatic heterocycles. The molecule has 3 rings (SSSR count). The number of carbonyl (C=O) groups excluding carboxylic acids is 2. The van der Waals surface area contributed by atoms with Gasteiger partial charge in [0.25, 0.3) is 0 Å². The van der Waals surface area contributed by atoms with Gasteiger partial charge in [-0.15, -0.1) is 4.99 Å². The number of hydrogen-bond donors (Lipinski definition) is 0. The van der Waals surface area contributed by atoms with Gasteiger partial charge in [-0.3, -0.25) is 0 Å². The number of benzene rings is 1. The first-order valence-corrected chi connectivity index (χ1v) is 10.7. The molecule has 7 heteroatoms. The van der Waals surface area contributed by atoms with Crippen LogP contribution in [0.1, 0.15) is 53.5 Å². The minimum Gasteiger partial charge on any atom is -0.443 e. The van der Waals surface area contributed by atoms with Crippen LogP contribution in [0.25, 0.3) is 0 Å². The summed E-state index contributed by atoms with van der Waals surface area (Å²) in [6, 6.07) is 9.72. The lowest BCUT2D eigenvalue weighted by Gasteiger charge is -2.44. The van der Waals surface area contributed by atoms with Gasteiger partial charge in [0, 0.05) is 19.0 Å². The predicted octanol–water partition coefficient (Wildman–Crippen LogP) is 4.98. The highest BCUT2D eigenvalue weighted by Crippen LogP contribution is 2.32. The number of allylic oxidation sites excluding steroid dienone is 1. The molecule has 168 valence electrons. The average molecular weight is 428 g/mol. The van der Waals surface area contributed by atoms with Crippen molar-refractivity contribution in [3.05, 3.63) is 48.0 Å². The first-order valence-electron chi connectivity index (χ1n) is 10.7. The Morgan fingerprint density at radius 2 is 1.68 bits per heavy atom. The smallest absolute Gasteiger partial charge is 0.437 e. The third-order valence-corrected chi connectivity index (χ3v) is 4.90. The molecule has 7 nitrogen and oxygen atoms in total. The maximum Gasteiger partial charge on any atom is 0.437 e. The number of aliphatic imine (C=N–C) groups is 1. The van der Waals surface area contributed by atoms with Crippen molar-refractivity contribution in [3.63, 3.8) is 0 Å². The molecule has 0 bridgehead atoms. The van der Waals surface area contributed by atoms with Crippen molar-refractivity contribution >= 4 is 18.1 Å². The first-order chi connectivity index (χ1) is 14.4. The van der Waals surface area contributed by atoms with Gasteiger partial charge in [0.2, 0.25) is 5.96 Å². The zero-order valence-electron chi connectivity index (χ0n) is 19.3. The van der Waals surface area contributed by atoms with Crippen LogP contribution in [0.2, 0.25) is 0 Å². The Bertz CT molecular complexity index is 865. The van der Waals surface area contributed by atoms with Gasteiger partial charge < -0.3 is 14.4 Å². The zero-order valence-corrected chi connectivity index (χ0v) is 19.3. The number of fused-ring (bicyclic) bond motifs is 1. The van der Waals surface area contributed by atoms with Crippen molar-refractivity contribution in [1.29, 1.82) is 0 Å². The Balaban J connectivity index is 2.00. The summed E-state index contributed by atoms with van der Waals surface area (Å²) in [4.78, 5) is 33.6. The van der Waals surface area contributed by atoms with E-state index in [9.17, 15) is 9.59 Å². The van der Waals surface area contributed by atoms with Crippen LogP contribution in [0.3, 0.4) is 0 Å². The van der Waals surface area contributed by atoms with E-state index >= 15 is 0 Å². The highest BCUT2D eigenvalue weighted by atomic mass is 16.6. The number of amides is 2. The summed E-state index contributed by atoms with van der Waals surface area (Å²) in [5.41, 5.74) is -0.298. The van der Waals surface area contributed by atoms with Gasteiger partial charge in [0.05, 0.1) is 6.04 Å². The highest BCUT2D eigenvalue weighted by Gasteiger charge is 2.44. The topological polar surface area (TPSA) is 71.4 Å². The van der Waals surface area contributed by atoms with Gasteiger partial charge in [0.1, 0.15) is 11.2 Å². The Labute approximate surface area is 184 Å². The van der Waals surface area contributed by atoms with Gasteiger partial charge >= 0.3 is 12.2 Å². The summed E-state index contributed by atoms with van der Waals surface area (Å²) in [7, 11) is 0. The molecule has 2 aliphatic rings. The van der Waals surface area contributed by atoms with Crippen LogP contribution in [0, 0.1) is 5.92 Å². The normalized spacial score (nSPS) is 22.5. The lowest BCUT2D eigenvalue weighted by Crippen LogP contribution is -2.60. The largest absolute Gasteiger partial charge is 0.443 e. The Hall–Kier alpha value is -2.83. The molecule has 1 aromatic carbocycles. The van der Waals surface area contributed by atoms with E-state index in [1.54, 1.807) is 20.8 Å². The van der Waals surface area contributed by atoms with Crippen molar-refractivity contribution in [3.8, 4) is 0 Å². The highest BCUT2D eigenvalue weighted by molar-refractivity contribution is 6.00. The van der Waals surface area contributed by atoms with Crippen LogP contribution in [-0.2, 0) is 16.0 Å². The Morgan fingerprint density at radius 3 is 2.29 bits per heavy atom. The van der Waals surface area contributed by atoms with E-state index in [4.69, 9.17) is 9.47 Å². The zero-order chi connectivity index (χ0) is 22.8. The van der Waals surface area contributed by atoms with Crippen molar-refractivity contribution < 1.29 is 19.1 Å². The van der Waals surface area contributed by atoms with Crippen LogP contribution in [0.15, 0.2) is 47.5 Å². The molecule has 0 spiro atoms. The van der Waals surface area contributed by atoms with Gasteiger partial charge in [-0.25, -0.2) is 14.5 Å². The number of carbonyl (C=O) groups is 2. The van der Waals surface area contributed by atoms with Crippen LogP contribution in [0.4, 0.5) is 9.59 Å². The van der Waals surface area contributed by atoms with E-state index < -0.39 is 23.4 Å². The minimum atomic E-state index is -0.727. The minimum absolute atomic E-state index is 0.203. The molecule has 1 aliphatic heterocycles. The third kappa shape index (κ3) is 6.09. The van der Waals surface area contributed by atoms with E-state index in [0.29, 0.717) is 13.1 Å². The molecule has 1 fully saturated rings. The lowest BCUT2D eigenvalue weighted by molar-refractivity contribution is 0.0218. The summed E-state index contributed by atoms with van der Waals surface area (Å²) in [5, 5.41) is 0. The number of rotatable bonds is 2. The van der Waals surface area contributed by atoms with Crippen molar-refractivity contribution in [2.24, 2.45) is 10.9 Å². The second-order valence-corrected chi connectivity index (χ2v) is 10.0. The lowest BCUT2D eigenvalue weighted by atomic mass is 9.97. The van der Waals surface area contributed by atoms with E-state index in [2.05, 4.69) is 11.1 Å². The van der Waals surface area contributed by atoms with Gasteiger partial charge in [-0.2, -0.15) is 0 Å². The van der Waals surface area contributed by atoms with E-state index in [0.717, 1.165) is 12.0 Å². The monoisotopic (exact) mass is 427 g/mol. The third-order valence-electron chi connectivity index (χ3n) is 4.90. The molecule has 1 saturated heterocycles. The number of hydrogen-bond acceptors (Lipinski definition) is 4. The van der Waals surface area contributed by atoms with Crippen molar-refractivity contribution in [1.82, 2.24) is 9.80 Å². The van der Waals surface area contributed by atoms with E-state index in [1.807, 2.05) is 62.1 Å². The summed E-state index contributed by atoms with van der Waals surface area (Å²) in [6.07, 6.45) is 3.68. The van der Waals surface area contributed by atoms with Gasteiger partial charge in [0.15, 0.2) is 0 Å². The van der Waals surface area contributed by atoms with Gasteiger partial charge in [-0.1, -0.05) is 42.5 Å². The molecule has 0 saturated carbocycles. The van der Waals surface area contributed by atoms with E-state index in [-0.39, 0.29) is 17.9 Å². The first kappa shape index (κ1) is 22.8. The maximum absolute atomic E-state index is 13.2. The Morgan fingerprint density at radius 1 is 1.03 bits per heavy atom. The van der Waals surface area contributed by atoms with Crippen LogP contribution >= 0.6 is 0 Å². The van der Waals surface area contributed by atoms with Gasteiger partial charge in [-0.05, 0) is 53.5 Å². The number of guanidine groups is 1. The van der Waals surface area contributed by atoms with Crippen LogP contribution in [-0.4, -0.2) is 51.7 Å². The molecule has 1 aromatic rings. The number of ether oxygens (including phenoxy) is 2. The van der Waals surface area contributed by atoms with Crippen LogP contribution < -0.4 is 0 Å². The predicted molar refractivity (Wildman–Crippen MR) is 120 cm³/mol. The molecular weight excluding hydrogens is 394 g/mol. The standard InChI is InChI=1S/C24H33N3O4/c1-23(2,3)30-21(28)25-20-26(15-17-11-8-7-9-12-17)16-18-13-10-14-19(18)27(20)22(29)31-24(4,5)6/h7-12,14,18-19H,13,15-16H2,1-6H3/b25-20+/t18-,19-/m0/s1. The second kappa shape index (κ2) is 8.73. The fraction of sp³-hybridized carbons (Fsp3) is 0.542. The summed E-state index contributed by atoms with van der Waals surface area (Å²) in [6.45, 7) is 12.0.